The van der Waals surface area contributed by atoms with E-state index < -0.39 is 16.1 Å². The van der Waals surface area contributed by atoms with Crippen LogP contribution in [0.1, 0.15) is 18.0 Å². The quantitative estimate of drug-likeness (QED) is 0.605. The minimum absolute atomic E-state index is 0.0224. The number of ether oxygens (including phenoxy) is 1. The fourth-order valence-corrected chi connectivity index (χ4v) is 3.35. The Kier molecular flexibility index (Phi) is 6.79. The normalized spacial score (nSPS) is 12.4. The summed E-state index contributed by atoms with van der Waals surface area (Å²) in [6.45, 7) is 0. The molecule has 1 amide bonds. The summed E-state index contributed by atoms with van der Waals surface area (Å²) in [4.78, 5) is 12.3. The van der Waals surface area contributed by atoms with Gasteiger partial charge in [0.05, 0.1) is 19.4 Å². The number of benzene rings is 2. The van der Waals surface area contributed by atoms with Crippen molar-refractivity contribution in [1.82, 2.24) is 4.72 Å². The maximum Gasteiger partial charge on any atom is 0.226 e. The average molecular weight is 474 g/mol. The smallest absolute Gasteiger partial charge is 0.226 e. The molecule has 0 spiro atoms. The Hall–Kier alpha value is -1.65. The third-order valence-corrected chi connectivity index (χ3v) is 4.82. The fraction of sp³-hybridized carbons (Fsp3) is 0.235. The van der Waals surface area contributed by atoms with Crippen molar-refractivity contribution in [3.05, 3.63) is 57.7 Å². The molecular formula is C17H19IN2O4S. The van der Waals surface area contributed by atoms with Gasteiger partial charge in [0.25, 0.3) is 0 Å². The van der Waals surface area contributed by atoms with Crippen LogP contribution in [-0.2, 0) is 14.8 Å². The summed E-state index contributed by atoms with van der Waals surface area (Å²) < 4.78 is 32.0. The van der Waals surface area contributed by atoms with Crippen LogP contribution >= 0.6 is 22.6 Å². The van der Waals surface area contributed by atoms with Gasteiger partial charge in [-0.2, -0.15) is 0 Å². The molecule has 134 valence electrons. The zero-order valence-corrected chi connectivity index (χ0v) is 16.8. The summed E-state index contributed by atoms with van der Waals surface area (Å²) >= 11 is 2.18. The van der Waals surface area contributed by atoms with Gasteiger partial charge in [-0.25, -0.2) is 13.1 Å². The Morgan fingerprint density at radius 1 is 1.12 bits per heavy atom. The molecule has 25 heavy (non-hydrogen) atoms. The number of halogens is 1. The molecule has 0 radical (unpaired) electrons. The first-order chi connectivity index (χ1) is 11.8. The summed E-state index contributed by atoms with van der Waals surface area (Å²) in [5, 5.41) is 2.78. The lowest BCUT2D eigenvalue weighted by Crippen LogP contribution is -2.30. The maximum absolute atomic E-state index is 12.3. The second-order valence-corrected chi connectivity index (χ2v) is 8.50. The van der Waals surface area contributed by atoms with E-state index in [9.17, 15) is 13.2 Å². The van der Waals surface area contributed by atoms with E-state index in [4.69, 9.17) is 4.74 Å². The van der Waals surface area contributed by atoms with Crippen LogP contribution in [0.5, 0.6) is 5.75 Å². The molecule has 0 aliphatic heterocycles. The topological polar surface area (TPSA) is 84.5 Å². The van der Waals surface area contributed by atoms with Gasteiger partial charge in [0.2, 0.25) is 15.9 Å². The van der Waals surface area contributed by atoms with Crippen molar-refractivity contribution < 1.29 is 17.9 Å². The molecule has 0 saturated carbocycles. The van der Waals surface area contributed by atoms with Crippen molar-refractivity contribution in [3.63, 3.8) is 0 Å². The highest BCUT2D eigenvalue weighted by Crippen LogP contribution is 2.22. The molecule has 2 aromatic carbocycles. The van der Waals surface area contributed by atoms with Crippen molar-refractivity contribution in [2.45, 2.75) is 12.5 Å². The van der Waals surface area contributed by atoms with Crippen molar-refractivity contribution >= 4 is 44.2 Å². The predicted molar refractivity (Wildman–Crippen MR) is 106 cm³/mol. The van der Waals surface area contributed by atoms with Crippen LogP contribution in [0.3, 0.4) is 0 Å². The third-order valence-electron chi connectivity index (χ3n) is 3.39. The Balaban J connectivity index is 2.14. The van der Waals surface area contributed by atoms with E-state index in [1.54, 1.807) is 43.5 Å². The number of nitrogens with one attached hydrogen (secondary N) is 2. The molecule has 0 heterocycles. The molecule has 1 atom stereocenters. The highest BCUT2D eigenvalue weighted by molar-refractivity contribution is 14.1. The lowest BCUT2D eigenvalue weighted by molar-refractivity contribution is -0.116. The first kappa shape index (κ1) is 19.7. The first-order valence-electron chi connectivity index (χ1n) is 7.43. The summed E-state index contributed by atoms with van der Waals surface area (Å²) in [5.41, 5.74) is 1.35. The van der Waals surface area contributed by atoms with Crippen molar-refractivity contribution in [2.24, 2.45) is 0 Å². The van der Waals surface area contributed by atoms with Crippen LogP contribution in [0.4, 0.5) is 5.69 Å². The lowest BCUT2D eigenvalue weighted by Gasteiger charge is -2.18. The summed E-state index contributed by atoms with van der Waals surface area (Å²) in [6, 6.07) is 13.6. The number of sulfonamides is 1. The molecule has 0 fully saturated rings. The van der Waals surface area contributed by atoms with E-state index in [1.807, 2.05) is 12.1 Å². The van der Waals surface area contributed by atoms with Crippen molar-refractivity contribution in [2.75, 3.05) is 18.7 Å². The Morgan fingerprint density at radius 3 is 2.24 bits per heavy atom. The molecule has 0 aliphatic carbocycles. The minimum atomic E-state index is -3.47. The molecule has 8 heteroatoms. The van der Waals surface area contributed by atoms with Gasteiger partial charge in [-0.15, -0.1) is 0 Å². The van der Waals surface area contributed by atoms with Crippen LogP contribution < -0.4 is 14.8 Å². The molecule has 0 bridgehead atoms. The van der Waals surface area contributed by atoms with Crippen LogP contribution in [0.25, 0.3) is 0 Å². The number of hydrogen-bond donors (Lipinski definition) is 2. The average Bonchev–Trinajstić information content (AvgIpc) is 2.55. The molecule has 2 N–H and O–H groups in total. The van der Waals surface area contributed by atoms with Gasteiger partial charge in [-0.1, -0.05) is 12.1 Å². The number of amides is 1. The second-order valence-electron chi connectivity index (χ2n) is 5.47. The van der Waals surface area contributed by atoms with E-state index >= 15 is 0 Å². The molecule has 0 aromatic heterocycles. The van der Waals surface area contributed by atoms with Gasteiger partial charge in [0, 0.05) is 15.7 Å². The van der Waals surface area contributed by atoms with Crippen LogP contribution in [0, 0.1) is 3.57 Å². The Bertz CT molecular complexity index is 821. The maximum atomic E-state index is 12.3. The minimum Gasteiger partial charge on any atom is -0.497 e. The SMILES string of the molecule is COc1ccc([C@@H](CC(=O)Nc2ccc(I)cc2)NS(C)(=O)=O)cc1. The fourth-order valence-electron chi connectivity index (χ4n) is 2.25. The molecule has 2 rings (SSSR count). The number of rotatable bonds is 7. The summed E-state index contributed by atoms with van der Waals surface area (Å²) in [5.74, 6) is 0.378. The monoisotopic (exact) mass is 474 g/mol. The first-order valence-corrected chi connectivity index (χ1v) is 10.4. The molecular weight excluding hydrogens is 455 g/mol. The summed E-state index contributed by atoms with van der Waals surface area (Å²) in [6.07, 6.45) is 1.05. The lowest BCUT2D eigenvalue weighted by atomic mass is 10.0. The van der Waals surface area contributed by atoms with Crippen molar-refractivity contribution in [1.29, 1.82) is 0 Å². The second kappa shape index (κ2) is 8.63. The molecule has 2 aromatic rings. The summed E-state index contributed by atoms with van der Waals surface area (Å²) in [7, 11) is -1.92. The van der Waals surface area contributed by atoms with Gasteiger partial charge in [0.1, 0.15) is 5.75 Å². The zero-order chi connectivity index (χ0) is 18.4. The highest BCUT2D eigenvalue weighted by Gasteiger charge is 2.20. The number of anilines is 1. The number of hydrogen-bond acceptors (Lipinski definition) is 4. The van der Waals surface area contributed by atoms with Gasteiger partial charge < -0.3 is 10.1 Å². The van der Waals surface area contributed by atoms with E-state index in [-0.39, 0.29) is 12.3 Å². The Morgan fingerprint density at radius 2 is 1.72 bits per heavy atom. The van der Waals surface area contributed by atoms with E-state index in [2.05, 4.69) is 32.6 Å². The highest BCUT2D eigenvalue weighted by atomic mass is 127. The van der Waals surface area contributed by atoms with E-state index in [0.29, 0.717) is 17.0 Å². The van der Waals surface area contributed by atoms with Crippen LogP contribution in [0.15, 0.2) is 48.5 Å². The zero-order valence-electron chi connectivity index (χ0n) is 13.8. The standard InChI is InChI=1S/C17H19IN2O4S/c1-24-15-9-3-12(4-10-15)16(20-25(2,22)23)11-17(21)19-14-7-5-13(18)6-8-14/h3-10,16,20H,11H2,1-2H3,(H,19,21)/t16-/m1/s1. The van der Waals surface area contributed by atoms with Gasteiger partial charge in [-0.05, 0) is 64.6 Å². The third kappa shape index (κ3) is 6.63. The molecule has 0 aliphatic rings. The van der Waals surface area contributed by atoms with E-state index in [0.717, 1.165) is 9.83 Å². The number of carbonyl (C=O) groups is 1. The predicted octanol–water partition coefficient (Wildman–Crippen LogP) is 2.92. The molecule has 0 saturated heterocycles. The molecule has 6 nitrogen and oxygen atoms in total. The largest absolute Gasteiger partial charge is 0.497 e. The Labute approximate surface area is 161 Å². The number of carbonyl (C=O) groups excluding carboxylic acids is 1. The van der Waals surface area contributed by atoms with Gasteiger partial charge >= 0.3 is 0 Å². The van der Waals surface area contributed by atoms with Crippen LogP contribution in [0.2, 0.25) is 0 Å². The van der Waals surface area contributed by atoms with Crippen molar-refractivity contribution in [3.8, 4) is 5.75 Å². The van der Waals surface area contributed by atoms with Gasteiger partial charge in [0.15, 0.2) is 0 Å². The number of methoxy groups -OCH3 is 1. The molecule has 0 unspecified atom stereocenters. The van der Waals surface area contributed by atoms with E-state index in [1.165, 1.54) is 0 Å². The van der Waals surface area contributed by atoms with Crippen LogP contribution in [-0.4, -0.2) is 27.7 Å². The van der Waals surface area contributed by atoms with Gasteiger partial charge in [-0.3, -0.25) is 4.79 Å².